The normalized spacial score (nSPS) is 11.7. The molecule has 1 atom stereocenters. The molecular formula is C21H22FN3O3. The summed E-state index contributed by atoms with van der Waals surface area (Å²) in [5, 5.41) is 3.02. The number of aromatic nitrogens is 2. The van der Waals surface area contributed by atoms with Gasteiger partial charge in [0.05, 0.1) is 20.6 Å². The molecule has 7 heteroatoms. The van der Waals surface area contributed by atoms with E-state index in [1.54, 1.807) is 38.6 Å². The first kappa shape index (κ1) is 19.4. The Labute approximate surface area is 162 Å². The molecule has 0 saturated heterocycles. The maximum absolute atomic E-state index is 13.1. The summed E-state index contributed by atoms with van der Waals surface area (Å²) in [6.07, 6.45) is 3.61. The second-order valence-electron chi connectivity index (χ2n) is 6.35. The van der Waals surface area contributed by atoms with Crippen molar-refractivity contribution in [3.8, 4) is 11.5 Å². The van der Waals surface area contributed by atoms with E-state index in [2.05, 4.69) is 10.3 Å². The quantitative estimate of drug-likeness (QED) is 0.681. The van der Waals surface area contributed by atoms with E-state index < -0.39 is 6.04 Å². The van der Waals surface area contributed by atoms with Crippen LogP contribution in [0.5, 0.6) is 11.5 Å². The summed E-state index contributed by atoms with van der Waals surface area (Å²) in [4.78, 5) is 17.1. The standard InChI is InChI=1S/C21H22FN3O3/c1-25-9-8-23-21(25)20(15-11-17(27-2)13-18(12-15)28-3)24-19(26)10-14-4-6-16(22)7-5-14/h4-9,11-13,20H,10H2,1-3H3,(H,24,26). The highest BCUT2D eigenvalue weighted by Crippen LogP contribution is 2.29. The van der Waals surface area contributed by atoms with E-state index in [1.165, 1.54) is 12.1 Å². The number of hydrogen-bond acceptors (Lipinski definition) is 4. The Balaban J connectivity index is 1.91. The zero-order chi connectivity index (χ0) is 20.1. The van der Waals surface area contributed by atoms with E-state index in [0.717, 1.165) is 11.1 Å². The third-order valence-electron chi connectivity index (χ3n) is 4.41. The molecule has 1 amide bonds. The van der Waals surface area contributed by atoms with Crippen LogP contribution >= 0.6 is 0 Å². The number of amides is 1. The molecule has 0 fully saturated rings. The number of nitrogens with zero attached hydrogens (tertiary/aromatic N) is 2. The van der Waals surface area contributed by atoms with Gasteiger partial charge in [0.1, 0.15) is 29.2 Å². The summed E-state index contributed by atoms with van der Waals surface area (Å²) in [7, 11) is 5.00. The summed E-state index contributed by atoms with van der Waals surface area (Å²) in [6.45, 7) is 0. The number of nitrogens with one attached hydrogen (secondary N) is 1. The molecule has 0 aliphatic heterocycles. The number of imidazole rings is 1. The van der Waals surface area contributed by atoms with E-state index >= 15 is 0 Å². The maximum atomic E-state index is 13.1. The smallest absolute Gasteiger partial charge is 0.225 e. The van der Waals surface area contributed by atoms with Crippen LogP contribution in [0.1, 0.15) is 23.0 Å². The van der Waals surface area contributed by atoms with Gasteiger partial charge in [0.2, 0.25) is 5.91 Å². The number of methoxy groups -OCH3 is 2. The van der Waals surface area contributed by atoms with Crippen molar-refractivity contribution < 1.29 is 18.7 Å². The SMILES string of the molecule is COc1cc(OC)cc(C(NC(=O)Cc2ccc(F)cc2)c2nccn2C)c1. The number of hydrogen-bond donors (Lipinski definition) is 1. The Morgan fingerprint density at radius 3 is 2.32 bits per heavy atom. The third-order valence-corrected chi connectivity index (χ3v) is 4.41. The summed E-state index contributed by atoms with van der Waals surface area (Å²) in [5.74, 6) is 1.35. The lowest BCUT2D eigenvalue weighted by molar-refractivity contribution is -0.121. The predicted molar refractivity (Wildman–Crippen MR) is 103 cm³/mol. The topological polar surface area (TPSA) is 65.4 Å². The third kappa shape index (κ3) is 4.49. The van der Waals surface area contributed by atoms with Gasteiger partial charge in [0.25, 0.3) is 0 Å². The molecule has 0 aliphatic rings. The van der Waals surface area contributed by atoms with Crippen molar-refractivity contribution in [3.05, 3.63) is 77.6 Å². The highest BCUT2D eigenvalue weighted by atomic mass is 19.1. The average molecular weight is 383 g/mol. The molecule has 3 rings (SSSR count). The fraction of sp³-hybridized carbons (Fsp3) is 0.238. The molecule has 1 aromatic heterocycles. The average Bonchev–Trinajstić information content (AvgIpc) is 3.13. The predicted octanol–water partition coefficient (Wildman–Crippen LogP) is 3.02. The molecule has 0 spiro atoms. The van der Waals surface area contributed by atoms with Crippen molar-refractivity contribution in [1.82, 2.24) is 14.9 Å². The van der Waals surface area contributed by atoms with Crippen LogP contribution < -0.4 is 14.8 Å². The van der Waals surface area contributed by atoms with E-state index in [-0.39, 0.29) is 18.1 Å². The lowest BCUT2D eigenvalue weighted by Gasteiger charge is -2.20. The van der Waals surface area contributed by atoms with E-state index in [9.17, 15) is 9.18 Å². The van der Waals surface area contributed by atoms with Gasteiger partial charge in [-0.25, -0.2) is 9.37 Å². The van der Waals surface area contributed by atoms with Crippen molar-refractivity contribution in [2.24, 2.45) is 7.05 Å². The van der Waals surface area contributed by atoms with Crippen molar-refractivity contribution in [2.75, 3.05) is 14.2 Å². The zero-order valence-electron chi connectivity index (χ0n) is 16.0. The summed E-state index contributed by atoms with van der Waals surface area (Å²) in [5.41, 5.74) is 1.50. The van der Waals surface area contributed by atoms with Gasteiger partial charge in [0, 0.05) is 25.5 Å². The highest BCUT2D eigenvalue weighted by molar-refractivity contribution is 5.79. The second-order valence-corrected chi connectivity index (χ2v) is 6.35. The summed E-state index contributed by atoms with van der Waals surface area (Å²) in [6, 6.07) is 10.8. The lowest BCUT2D eigenvalue weighted by Crippen LogP contribution is -2.32. The van der Waals surface area contributed by atoms with E-state index in [0.29, 0.717) is 17.3 Å². The largest absolute Gasteiger partial charge is 0.497 e. The molecule has 146 valence electrons. The molecule has 0 radical (unpaired) electrons. The van der Waals surface area contributed by atoms with Gasteiger partial charge in [-0.2, -0.15) is 0 Å². The first-order valence-corrected chi connectivity index (χ1v) is 8.74. The van der Waals surface area contributed by atoms with Gasteiger partial charge in [-0.05, 0) is 35.4 Å². The molecule has 3 aromatic rings. The number of carbonyl (C=O) groups is 1. The number of halogens is 1. The Morgan fingerprint density at radius 2 is 1.79 bits per heavy atom. The lowest BCUT2D eigenvalue weighted by atomic mass is 10.0. The van der Waals surface area contributed by atoms with Gasteiger partial charge in [0.15, 0.2) is 0 Å². The molecule has 0 saturated carbocycles. The number of carbonyl (C=O) groups excluding carboxylic acids is 1. The minimum atomic E-state index is -0.503. The van der Waals surface area contributed by atoms with E-state index in [1.807, 2.05) is 29.9 Å². The van der Waals surface area contributed by atoms with Crippen LogP contribution in [0.2, 0.25) is 0 Å². The minimum Gasteiger partial charge on any atom is -0.497 e. The fourth-order valence-corrected chi connectivity index (χ4v) is 2.95. The Hall–Kier alpha value is -3.35. The number of benzene rings is 2. The highest BCUT2D eigenvalue weighted by Gasteiger charge is 2.22. The molecule has 2 aromatic carbocycles. The summed E-state index contributed by atoms with van der Waals surface area (Å²) >= 11 is 0. The van der Waals surface area contributed by atoms with Crippen molar-refractivity contribution in [2.45, 2.75) is 12.5 Å². The van der Waals surface area contributed by atoms with Crippen LogP contribution in [-0.4, -0.2) is 29.7 Å². The monoisotopic (exact) mass is 383 g/mol. The van der Waals surface area contributed by atoms with Gasteiger partial charge in [-0.3, -0.25) is 4.79 Å². The van der Waals surface area contributed by atoms with Gasteiger partial charge >= 0.3 is 0 Å². The van der Waals surface area contributed by atoms with Crippen LogP contribution in [0.25, 0.3) is 0 Å². The summed E-state index contributed by atoms with van der Waals surface area (Å²) < 4.78 is 25.6. The molecule has 28 heavy (non-hydrogen) atoms. The maximum Gasteiger partial charge on any atom is 0.225 e. The van der Waals surface area contributed by atoms with Crippen molar-refractivity contribution in [1.29, 1.82) is 0 Å². The Kier molecular flexibility index (Phi) is 5.93. The van der Waals surface area contributed by atoms with Crippen LogP contribution in [0.15, 0.2) is 54.9 Å². The van der Waals surface area contributed by atoms with Crippen LogP contribution in [-0.2, 0) is 18.3 Å². The number of ether oxygens (including phenoxy) is 2. The molecular weight excluding hydrogens is 361 g/mol. The van der Waals surface area contributed by atoms with Gasteiger partial charge < -0.3 is 19.4 Å². The first-order valence-electron chi connectivity index (χ1n) is 8.74. The number of rotatable bonds is 7. The van der Waals surface area contributed by atoms with Crippen LogP contribution in [0, 0.1) is 5.82 Å². The van der Waals surface area contributed by atoms with E-state index in [4.69, 9.17) is 9.47 Å². The molecule has 1 unspecified atom stereocenters. The Bertz CT molecular complexity index is 932. The molecule has 0 aliphatic carbocycles. The number of aryl methyl sites for hydroxylation is 1. The van der Waals surface area contributed by atoms with Gasteiger partial charge in [-0.15, -0.1) is 0 Å². The molecule has 6 nitrogen and oxygen atoms in total. The molecule has 0 bridgehead atoms. The Morgan fingerprint density at radius 1 is 1.14 bits per heavy atom. The molecule has 1 N–H and O–H groups in total. The van der Waals surface area contributed by atoms with Crippen molar-refractivity contribution in [3.63, 3.8) is 0 Å². The zero-order valence-corrected chi connectivity index (χ0v) is 16.0. The minimum absolute atomic E-state index is 0.127. The van der Waals surface area contributed by atoms with Crippen LogP contribution in [0.3, 0.4) is 0 Å². The fourth-order valence-electron chi connectivity index (χ4n) is 2.95. The first-order chi connectivity index (χ1) is 13.5. The second kappa shape index (κ2) is 8.56. The van der Waals surface area contributed by atoms with Gasteiger partial charge in [-0.1, -0.05) is 12.1 Å². The molecule has 1 heterocycles. The van der Waals surface area contributed by atoms with Crippen LogP contribution in [0.4, 0.5) is 4.39 Å². The van der Waals surface area contributed by atoms with Crippen molar-refractivity contribution >= 4 is 5.91 Å².